The van der Waals surface area contributed by atoms with Gasteiger partial charge in [-0.2, -0.15) is 0 Å². The van der Waals surface area contributed by atoms with E-state index in [2.05, 4.69) is 15.2 Å². The molecule has 1 amide bonds. The summed E-state index contributed by atoms with van der Waals surface area (Å²) in [5, 5.41) is 17.3. The molecule has 0 bridgehead atoms. The number of aromatic hydroxyl groups is 1. The van der Waals surface area contributed by atoms with Crippen LogP contribution in [0, 0.1) is 19.8 Å². The Kier molecular flexibility index (Phi) is 6.46. The molecule has 1 atom stereocenters. The Morgan fingerprint density at radius 3 is 2.63 bits per heavy atom. The number of nitrogens with zero attached hydrogens (tertiary/aromatic N) is 2. The molecule has 0 spiro atoms. The molecule has 1 saturated carbocycles. The zero-order valence-electron chi connectivity index (χ0n) is 20.9. The number of methoxy groups -OCH3 is 1. The molecule has 200 valence electrons. The van der Waals surface area contributed by atoms with Crippen LogP contribution >= 0.6 is 0 Å². The Labute approximate surface area is 216 Å². The number of fused-ring (bicyclic) bond motifs is 1. The molecule has 1 aliphatic heterocycles. The second-order valence-electron chi connectivity index (χ2n) is 9.46. The van der Waals surface area contributed by atoms with Gasteiger partial charge in [0.1, 0.15) is 17.1 Å². The van der Waals surface area contributed by atoms with Gasteiger partial charge in [-0.15, -0.1) is 13.2 Å². The summed E-state index contributed by atoms with van der Waals surface area (Å²) < 4.78 is 53.0. The number of nitrogens with one attached hydrogen (secondary N) is 1. The number of aromatic nitrogens is 1. The van der Waals surface area contributed by atoms with Crippen molar-refractivity contribution in [2.45, 2.75) is 45.6 Å². The predicted octanol–water partition coefficient (Wildman–Crippen LogP) is 5.85. The van der Waals surface area contributed by atoms with E-state index in [1.165, 1.54) is 31.4 Å². The van der Waals surface area contributed by atoms with Gasteiger partial charge in [-0.1, -0.05) is 17.3 Å². The molecule has 0 radical (unpaired) electrons. The number of phenolic OH excluding ortho intramolecular Hbond substituents is 1. The Balaban J connectivity index is 1.56. The van der Waals surface area contributed by atoms with Gasteiger partial charge < -0.3 is 29.3 Å². The number of alkyl halides is 3. The van der Waals surface area contributed by atoms with E-state index in [-0.39, 0.29) is 41.3 Å². The fourth-order valence-electron chi connectivity index (χ4n) is 4.88. The summed E-state index contributed by atoms with van der Waals surface area (Å²) in [6, 6.07) is 8.84. The van der Waals surface area contributed by atoms with Gasteiger partial charge in [-0.3, -0.25) is 4.79 Å². The van der Waals surface area contributed by atoms with Crippen LogP contribution in [0.2, 0.25) is 0 Å². The van der Waals surface area contributed by atoms with Crippen LogP contribution in [-0.2, 0) is 11.3 Å². The van der Waals surface area contributed by atoms with E-state index in [0.717, 1.165) is 18.4 Å². The molecule has 1 fully saturated rings. The van der Waals surface area contributed by atoms with Crippen LogP contribution in [0.4, 0.5) is 18.9 Å². The number of aryl methyl sites for hydroxylation is 2. The van der Waals surface area contributed by atoms with Crippen LogP contribution < -0.4 is 14.8 Å². The van der Waals surface area contributed by atoms with Crippen molar-refractivity contribution in [3.63, 3.8) is 0 Å². The van der Waals surface area contributed by atoms with Crippen molar-refractivity contribution in [3.05, 3.63) is 70.7 Å². The Morgan fingerprint density at radius 2 is 2.00 bits per heavy atom. The van der Waals surface area contributed by atoms with Crippen molar-refractivity contribution >= 4 is 17.2 Å². The number of phenols is 1. The van der Waals surface area contributed by atoms with Gasteiger partial charge in [0.2, 0.25) is 0 Å². The Morgan fingerprint density at radius 1 is 1.24 bits per heavy atom. The molecule has 2 aromatic carbocycles. The van der Waals surface area contributed by atoms with E-state index in [0.29, 0.717) is 28.3 Å². The van der Waals surface area contributed by atoms with Gasteiger partial charge in [0.25, 0.3) is 5.91 Å². The molecule has 8 nitrogen and oxygen atoms in total. The molecule has 0 saturated heterocycles. The topological polar surface area (TPSA) is 97.1 Å². The maximum absolute atomic E-state index is 13.6. The quantitative estimate of drug-likeness (QED) is 0.396. The predicted molar refractivity (Wildman–Crippen MR) is 131 cm³/mol. The normalized spacial score (nSPS) is 17.1. The smallest absolute Gasteiger partial charge is 0.504 e. The zero-order chi connectivity index (χ0) is 27.2. The molecule has 5 rings (SSSR count). The first-order valence-electron chi connectivity index (χ1n) is 12.0. The van der Waals surface area contributed by atoms with Crippen LogP contribution in [0.15, 0.2) is 47.1 Å². The highest BCUT2D eigenvalue weighted by atomic mass is 19.4. The number of benzene rings is 2. The molecular weight excluding hydrogens is 503 g/mol. The minimum atomic E-state index is -4.80. The van der Waals surface area contributed by atoms with E-state index in [1.807, 2.05) is 4.90 Å². The fourth-order valence-corrected chi connectivity index (χ4v) is 4.88. The number of amides is 1. The number of halogens is 3. The lowest BCUT2D eigenvalue weighted by Gasteiger charge is -2.37. The SMILES string of the molecule is COc1cc2c(cc1O)C(C(=O)Nc1c(C)noc1C)=CN(Cc1cccc(OC(F)(F)F)c1)C2C1CC1. The molecule has 2 aliphatic rings. The Hall–Kier alpha value is -4.15. The Bertz CT molecular complexity index is 1390. The lowest BCUT2D eigenvalue weighted by atomic mass is 9.87. The standard InChI is InChI=1S/C27H26F3N3O5/c1-14-24(15(2)38-32-14)31-26(35)21-13-33(12-16-5-4-6-18(9-16)37-27(28,29)30)25(17-7-8-17)20-11-23(36-3)22(34)10-19(20)21/h4-6,9-11,13,17,25,34H,7-8,12H2,1-3H3,(H,31,35). The van der Waals surface area contributed by atoms with Crippen molar-refractivity contribution in [2.75, 3.05) is 12.4 Å². The van der Waals surface area contributed by atoms with Crippen LogP contribution in [0.5, 0.6) is 17.2 Å². The zero-order valence-corrected chi connectivity index (χ0v) is 20.9. The highest BCUT2D eigenvalue weighted by Crippen LogP contribution is 2.51. The summed E-state index contributed by atoms with van der Waals surface area (Å²) in [5.41, 5.74) is 3.15. The summed E-state index contributed by atoms with van der Waals surface area (Å²) in [6.45, 7) is 3.61. The fraction of sp³-hybridized carbons (Fsp3) is 0.333. The first-order chi connectivity index (χ1) is 18.0. The van der Waals surface area contributed by atoms with E-state index in [4.69, 9.17) is 9.26 Å². The molecule has 2 heterocycles. The summed E-state index contributed by atoms with van der Waals surface area (Å²) in [5.74, 6) is 0.103. The number of anilines is 1. The second-order valence-corrected chi connectivity index (χ2v) is 9.46. The van der Waals surface area contributed by atoms with E-state index >= 15 is 0 Å². The molecular formula is C27H26F3N3O5. The minimum Gasteiger partial charge on any atom is -0.504 e. The van der Waals surface area contributed by atoms with Crippen molar-refractivity contribution < 1.29 is 37.1 Å². The minimum absolute atomic E-state index is 0.109. The highest BCUT2D eigenvalue weighted by molar-refractivity contribution is 6.26. The van der Waals surface area contributed by atoms with Gasteiger partial charge in [-0.25, -0.2) is 0 Å². The van der Waals surface area contributed by atoms with Gasteiger partial charge >= 0.3 is 6.36 Å². The third-order valence-electron chi connectivity index (χ3n) is 6.69. The van der Waals surface area contributed by atoms with Gasteiger partial charge in [0.05, 0.1) is 18.7 Å². The lowest BCUT2D eigenvalue weighted by Crippen LogP contribution is -2.32. The highest BCUT2D eigenvalue weighted by Gasteiger charge is 2.41. The third kappa shape index (κ3) is 5.13. The van der Waals surface area contributed by atoms with E-state index in [1.54, 1.807) is 32.2 Å². The summed E-state index contributed by atoms with van der Waals surface area (Å²) in [4.78, 5) is 15.5. The first-order valence-corrected chi connectivity index (χ1v) is 12.0. The van der Waals surface area contributed by atoms with Gasteiger partial charge in [0, 0.05) is 12.7 Å². The molecule has 1 unspecified atom stereocenters. The monoisotopic (exact) mass is 529 g/mol. The summed E-state index contributed by atoms with van der Waals surface area (Å²) in [7, 11) is 1.45. The van der Waals surface area contributed by atoms with Crippen LogP contribution in [0.3, 0.4) is 0 Å². The first kappa shape index (κ1) is 25.5. The maximum atomic E-state index is 13.6. The number of ether oxygens (including phenoxy) is 2. The number of hydrogen-bond donors (Lipinski definition) is 2. The molecule has 1 aromatic heterocycles. The number of carbonyl (C=O) groups is 1. The number of hydrogen-bond acceptors (Lipinski definition) is 7. The largest absolute Gasteiger partial charge is 0.573 e. The van der Waals surface area contributed by atoms with E-state index < -0.39 is 12.3 Å². The molecule has 1 aliphatic carbocycles. The van der Waals surface area contributed by atoms with Crippen molar-refractivity contribution in [1.29, 1.82) is 0 Å². The number of rotatable bonds is 7. The van der Waals surface area contributed by atoms with Gasteiger partial charge in [0.15, 0.2) is 17.3 Å². The maximum Gasteiger partial charge on any atom is 0.573 e. The van der Waals surface area contributed by atoms with E-state index in [9.17, 15) is 23.1 Å². The third-order valence-corrected chi connectivity index (χ3v) is 6.69. The van der Waals surface area contributed by atoms with Crippen molar-refractivity contribution in [1.82, 2.24) is 10.1 Å². The average Bonchev–Trinajstić information content (AvgIpc) is 3.64. The molecule has 38 heavy (non-hydrogen) atoms. The van der Waals surface area contributed by atoms with Crippen molar-refractivity contribution in [3.8, 4) is 17.2 Å². The summed E-state index contributed by atoms with van der Waals surface area (Å²) >= 11 is 0. The molecule has 11 heteroatoms. The number of carbonyl (C=O) groups excluding carboxylic acids is 1. The summed E-state index contributed by atoms with van der Waals surface area (Å²) in [6.07, 6.45) is -1.20. The van der Waals surface area contributed by atoms with Gasteiger partial charge in [-0.05, 0) is 73.6 Å². The molecule has 2 N–H and O–H groups in total. The average molecular weight is 530 g/mol. The van der Waals surface area contributed by atoms with Crippen molar-refractivity contribution in [2.24, 2.45) is 5.92 Å². The van der Waals surface area contributed by atoms with Crippen LogP contribution in [-0.4, -0.2) is 34.5 Å². The molecule has 3 aromatic rings. The lowest BCUT2D eigenvalue weighted by molar-refractivity contribution is -0.274. The van der Waals surface area contributed by atoms with Crippen LogP contribution in [0.25, 0.3) is 5.57 Å². The second kappa shape index (κ2) is 9.62. The van der Waals surface area contributed by atoms with Crippen LogP contribution in [0.1, 0.15) is 47.0 Å².